The third kappa shape index (κ3) is 6.74. The lowest BCUT2D eigenvalue weighted by Gasteiger charge is -2.40. The van der Waals surface area contributed by atoms with Crippen molar-refractivity contribution in [2.45, 2.75) is 71.9 Å². The number of fused-ring (bicyclic) bond motifs is 2. The Kier molecular flexibility index (Phi) is 9.00. The summed E-state index contributed by atoms with van der Waals surface area (Å²) in [5.41, 5.74) is 7.90. The van der Waals surface area contributed by atoms with Gasteiger partial charge in [-0.15, -0.1) is 0 Å². The van der Waals surface area contributed by atoms with Gasteiger partial charge < -0.3 is 23.4 Å². The lowest BCUT2D eigenvalue weighted by Crippen LogP contribution is -2.47. The third-order valence-corrected chi connectivity index (χ3v) is 11.5. The smallest absolute Gasteiger partial charge is 0.387 e. The number of oxazole rings is 2. The first kappa shape index (κ1) is 36.2. The molecule has 10 nitrogen and oxygen atoms in total. The van der Waals surface area contributed by atoms with Crippen LogP contribution >= 0.6 is 0 Å². The number of carboxylic acids is 1. The molecule has 6 aromatic rings. The van der Waals surface area contributed by atoms with Gasteiger partial charge >= 0.3 is 19.2 Å². The maximum absolute atomic E-state index is 13.5. The number of hydrogen-bond acceptors (Lipinski definition) is 9. The second kappa shape index (κ2) is 13.9. The second-order valence-corrected chi connectivity index (χ2v) is 15.2. The molecule has 1 spiro atoms. The monoisotopic (exact) mass is 770 g/mol. The molecule has 4 heterocycles. The number of halogens is 4. The van der Waals surface area contributed by atoms with E-state index < -0.39 is 25.2 Å². The van der Waals surface area contributed by atoms with Gasteiger partial charge in [0.1, 0.15) is 28.6 Å². The van der Waals surface area contributed by atoms with E-state index >= 15 is 0 Å². The number of ether oxygens (including phenoxy) is 2. The number of likely N-dealkylation sites (tertiary alicyclic amines) is 2. The average Bonchev–Trinajstić information content (AvgIpc) is 3.41. The van der Waals surface area contributed by atoms with Crippen LogP contribution in [-0.4, -0.2) is 69.7 Å². The molecule has 0 amide bonds. The van der Waals surface area contributed by atoms with Crippen molar-refractivity contribution in [2.24, 2.45) is 5.41 Å². The second-order valence-electron chi connectivity index (χ2n) is 15.2. The number of aliphatic carboxylic acids is 1. The van der Waals surface area contributed by atoms with Crippen LogP contribution in [0.15, 0.2) is 69.5 Å². The Labute approximate surface area is 318 Å². The molecule has 3 aliphatic rings. The predicted molar refractivity (Wildman–Crippen MR) is 199 cm³/mol. The van der Waals surface area contributed by atoms with Crippen LogP contribution in [-0.2, 0) is 17.9 Å². The van der Waals surface area contributed by atoms with E-state index in [1.165, 1.54) is 25.0 Å². The van der Waals surface area contributed by atoms with Crippen molar-refractivity contribution in [1.29, 1.82) is 0 Å². The fraction of sp³-hybridized carbons (Fsp3) is 0.357. The zero-order chi connectivity index (χ0) is 38.9. The number of carboxylic acid groups (broad SMARTS) is 1. The lowest BCUT2D eigenvalue weighted by molar-refractivity contribution is -0.142. The van der Waals surface area contributed by atoms with Crippen LogP contribution < -0.4 is 9.47 Å². The van der Waals surface area contributed by atoms with Crippen molar-refractivity contribution < 1.29 is 45.8 Å². The molecular formula is C42H38F4N4O6. The largest absolute Gasteiger partial charge is 0.480 e. The SMILES string of the molecule is Cc1c(-c2nc3cc(CN4CC5(CC5)C4)c(OC(F)F)cc3o2)cccc1-c1cccc(-c2nc3cc(CN4CCC[C@H]4C(=O)O)c(OC(F)F)cc3o2)c1C. The number of alkyl halides is 4. The normalized spacial score (nSPS) is 18.1. The van der Waals surface area contributed by atoms with E-state index in [-0.39, 0.29) is 29.5 Å². The van der Waals surface area contributed by atoms with Crippen molar-refractivity contribution in [3.05, 3.63) is 82.9 Å². The van der Waals surface area contributed by atoms with E-state index in [0.29, 0.717) is 70.5 Å². The molecule has 2 aliphatic heterocycles. The Balaban J connectivity index is 1.03. The highest BCUT2D eigenvalue weighted by Gasteiger charge is 2.52. The van der Waals surface area contributed by atoms with Crippen LogP contribution in [0.25, 0.3) is 56.2 Å². The van der Waals surface area contributed by atoms with Crippen LogP contribution in [0.1, 0.15) is 47.9 Å². The molecule has 1 saturated carbocycles. The molecule has 1 N–H and O–H groups in total. The van der Waals surface area contributed by atoms with Crippen molar-refractivity contribution in [1.82, 2.24) is 19.8 Å². The summed E-state index contributed by atoms with van der Waals surface area (Å²) < 4.78 is 76.1. The van der Waals surface area contributed by atoms with Gasteiger partial charge in [-0.3, -0.25) is 14.6 Å². The summed E-state index contributed by atoms with van der Waals surface area (Å²) >= 11 is 0. The molecule has 1 aliphatic carbocycles. The van der Waals surface area contributed by atoms with E-state index in [9.17, 15) is 27.5 Å². The fourth-order valence-corrected chi connectivity index (χ4v) is 8.47. The number of hydrogen-bond donors (Lipinski definition) is 1. The third-order valence-electron chi connectivity index (χ3n) is 11.5. The lowest BCUT2D eigenvalue weighted by atomic mass is 9.91. The van der Waals surface area contributed by atoms with Gasteiger partial charge in [0, 0.05) is 60.6 Å². The molecule has 2 aromatic heterocycles. The molecule has 14 heteroatoms. The first-order chi connectivity index (χ1) is 26.9. The molecule has 9 rings (SSSR count). The number of benzene rings is 4. The molecule has 56 heavy (non-hydrogen) atoms. The van der Waals surface area contributed by atoms with Gasteiger partial charge in [0.2, 0.25) is 11.8 Å². The van der Waals surface area contributed by atoms with Gasteiger partial charge in [-0.1, -0.05) is 24.3 Å². The minimum absolute atomic E-state index is 0.0801. The van der Waals surface area contributed by atoms with Gasteiger partial charge in [-0.2, -0.15) is 17.6 Å². The average molecular weight is 771 g/mol. The van der Waals surface area contributed by atoms with E-state index in [1.54, 1.807) is 17.0 Å². The summed E-state index contributed by atoms with van der Waals surface area (Å²) in [5, 5.41) is 9.66. The minimum Gasteiger partial charge on any atom is -0.480 e. The van der Waals surface area contributed by atoms with Crippen LogP contribution in [0.5, 0.6) is 11.5 Å². The molecule has 4 aromatic carbocycles. The van der Waals surface area contributed by atoms with Gasteiger partial charge in [-0.05, 0) is 98.0 Å². The highest BCUT2D eigenvalue weighted by Crippen LogP contribution is 2.53. The Morgan fingerprint density at radius 1 is 0.804 bits per heavy atom. The van der Waals surface area contributed by atoms with E-state index in [1.807, 2.05) is 50.2 Å². The molecule has 1 atom stereocenters. The zero-order valence-electron chi connectivity index (χ0n) is 30.7. The van der Waals surface area contributed by atoms with Crippen LogP contribution in [0.2, 0.25) is 0 Å². The van der Waals surface area contributed by atoms with E-state index in [0.717, 1.165) is 40.9 Å². The van der Waals surface area contributed by atoms with E-state index in [2.05, 4.69) is 4.90 Å². The molecular weight excluding hydrogens is 732 g/mol. The van der Waals surface area contributed by atoms with Crippen LogP contribution in [0.4, 0.5) is 17.6 Å². The maximum atomic E-state index is 13.5. The molecule has 2 saturated heterocycles. The molecule has 290 valence electrons. The Morgan fingerprint density at radius 2 is 1.30 bits per heavy atom. The van der Waals surface area contributed by atoms with Gasteiger partial charge in [0.25, 0.3) is 0 Å². The standard InChI is InChI=1S/C42H38F4N4O6/c1-22-26(6-3-8-28(22)37-47-30-14-24(18-49-20-42(21-49)11-12-42)33(55-40(43)44)16-35(30)53-37)27-7-4-9-29(23(27)2)38-48-31-15-25(19-50-13-5-10-32(50)39(51)52)34(56-41(45)46)17-36(31)54-38/h3-4,6-9,14-17,32,40-41H,5,10-13,18-21H2,1-2H3,(H,51,52)/t32-/m0/s1. The predicted octanol–water partition coefficient (Wildman–Crippen LogP) is 9.43. The molecule has 0 radical (unpaired) electrons. The van der Waals surface area contributed by atoms with Crippen molar-refractivity contribution in [3.8, 4) is 45.5 Å². The Morgan fingerprint density at radius 3 is 1.79 bits per heavy atom. The zero-order valence-corrected chi connectivity index (χ0v) is 30.7. The summed E-state index contributed by atoms with van der Waals surface area (Å²) in [6.07, 6.45) is 3.60. The fourth-order valence-electron chi connectivity index (χ4n) is 8.47. The van der Waals surface area contributed by atoms with Gasteiger partial charge in [-0.25, -0.2) is 9.97 Å². The van der Waals surface area contributed by atoms with Crippen molar-refractivity contribution in [2.75, 3.05) is 19.6 Å². The molecule has 3 fully saturated rings. The maximum Gasteiger partial charge on any atom is 0.387 e. The topological polar surface area (TPSA) is 114 Å². The molecule has 0 bridgehead atoms. The molecule has 0 unspecified atom stereocenters. The van der Waals surface area contributed by atoms with Crippen molar-refractivity contribution >= 4 is 28.2 Å². The minimum atomic E-state index is -3.09. The Bertz CT molecular complexity index is 2490. The first-order valence-corrected chi connectivity index (χ1v) is 18.6. The highest BCUT2D eigenvalue weighted by atomic mass is 19.3. The van der Waals surface area contributed by atoms with Gasteiger partial charge in [0.15, 0.2) is 11.2 Å². The summed E-state index contributed by atoms with van der Waals surface area (Å²) in [7, 11) is 0. The van der Waals surface area contributed by atoms with Crippen LogP contribution in [0, 0.1) is 19.3 Å². The quantitative estimate of drug-likeness (QED) is 0.121. The van der Waals surface area contributed by atoms with Crippen molar-refractivity contribution in [3.63, 3.8) is 0 Å². The summed E-state index contributed by atoms with van der Waals surface area (Å²) in [5.74, 6) is -0.353. The Hall–Kier alpha value is -5.47. The number of rotatable bonds is 12. The number of aromatic nitrogens is 2. The summed E-state index contributed by atoms with van der Waals surface area (Å²) in [6, 6.07) is 17.0. The summed E-state index contributed by atoms with van der Waals surface area (Å²) in [6.45, 7) is 0.854. The highest BCUT2D eigenvalue weighted by molar-refractivity contribution is 5.85. The number of nitrogens with zero attached hydrogens (tertiary/aromatic N) is 4. The van der Waals surface area contributed by atoms with E-state index in [4.69, 9.17) is 28.3 Å². The van der Waals surface area contributed by atoms with Crippen LogP contribution in [0.3, 0.4) is 0 Å². The van der Waals surface area contributed by atoms with Gasteiger partial charge in [0.05, 0.1) is 0 Å². The number of carbonyl (C=O) groups is 1. The summed E-state index contributed by atoms with van der Waals surface area (Å²) in [4.78, 5) is 25.3. The first-order valence-electron chi connectivity index (χ1n) is 18.6.